The molecule has 1 aromatic heterocycles. The van der Waals surface area contributed by atoms with Crippen molar-refractivity contribution in [3.8, 4) is 0 Å². The second-order valence-electron chi connectivity index (χ2n) is 6.65. The molecular formula is C18H27N3O2S. The van der Waals surface area contributed by atoms with E-state index in [0.717, 1.165) is 44.2 Å². The molecular weight excluding hydrogens is 322 g/mol. The number of nitrogens with zero attached hydrogens (tertiary/aromatic N) is 2. The Labute approximate surface area is 148 Å². The molecule has 0 atom stereocenters. The molecule has 0 spiro atoms. The van der Waals surface area contributed by atoms with Crippen LogP contribution in [-0.4, -0.2) is 60.4 Å². The molecule has 24 heavy (non-hydrogen) atoms. The first-order valence-electron chi connectivity index (χ1n) is 8.85. The molecule has 0 bridgehead atoms. The summed E-state index contributed by atoms with van der Waals surface area (Å²) in [7, 11) is 0. The molecule has 1 N–H and O–H groups in total. The zero-order chi connectivity index (χ0) is 16.8. The van der Waals surface area contributed by atoms with Crippen LogP contribution in [0.15, 0.2) is 23.4 Å². The minimum atomic E-state index is -0.00410. The van der Waals surface area contributed by atoms with Crippen LogP contribution in [0.3, 0.4) is 0 Å². The highest BCUT2D eigenvalue weighted by Crippen LogP contribution is 2.30. The van der Waals surface area contributed by atoms with Crippen molar-refractivity contribution in [2.75, 3.05) is 39.1 Å². The summed E-state index contributed by atoms with van der Waals surface area (Å²) in [6.45, 7) is 4.56. The number of amides is 1. The number of ether oxygens (including phenoxy) is 1. The van der Waals surface area contributed by atoms with Crippen LogP contribution < -0.4 is 5.32 Å². The van der Waals surface area contributed by atoms with Gasteiger partial charge in [-0.2, -0.15) is 0 Å². The van der Waals surface area contributed by atoms with Gasteiger partial charge in [-0.25, -0.2) is 4.98 Å². The average molecular weight is 350 g/mol. The Hall–Kier alpha value is -1.11. The fourth-order valence-corrected chi connectivity index (χ4v) is 4.14. The third-order valence-electron chi connectivity index (χ3n) is 5.23. The van der Waals surface area contributed by atoms with Crippen LogP contribution >= 0.6 is 11.8 Å². The maximum atomic E-state index is 12.6. The number of aromatic nitrogens is 1. The zero-order valence-electron chi connectivity index (χ0n) is 14.4. The van der Waals surface area contributed by atoms with E-state index >= 15 is 0 Å². The molecule has 2 fully saturated rings. The van der Waals surface area contributed by atoms with Gasteiger partial charge in [0.05, 0.1) is 5.03 Å². The first-order valence-corrected chi connectivity index (χ1v) is 10.1. The molecule has 2 saturated heterocycles. The number of pyridine rings is 1. The Morgan fingerprint density at radius 3 is 2.79 bits per heavy atom. The minimum absolute atomic E-state index is 0.00410. The van der Waals surface area contributed by atoms with E-state index in [2.05, 4.69) is 15.2 Å². The third-order valence-corrected chi connectivity index (χ3v) is 5.88. The second kappa shape index (κ2) is 8.32. The lowest BCUT2D eigenvalue weighted by molar-refractivity contribution is -0.0349. The van der Waals surface area contributed by atoms with Crippen molar-refractivity contribution in [3.63, 3.8) is 0 Å². The number of thioether (sulfide) groups is 1. The van der Waals surface area contributed by atoms with Gasteiger partial charge in [-0.1, -0.05) is 6.42 Å². The molecule has 3 rings (SSSR count). The van der Waals surface area contributed by atoms with E-state index in [1.807, 2.05) is 12.3 Å². The van der Waals surface area contributed by atoms with E-state index in [0.29, 0.717) is 12.1 Å². The Kier molecular flexibility index (Phi) is 6.14. The van der Waals surface area contributed by atoms with Gasteiger partial charge in [-0.05, 0) is 57.2 Å². The SMILES string of the molecule is CSc1cc(C(=O)NCC2(N3CCCCC3)CCOCC2)ccn1. The molecule has 2 aliphatic rings. The van der Waals surface area contributed by atoms with Gasteiger partial charge in [-0.15, -0.1) is 11.8 Å². The van der Waals surface area contributed by atoms with Gasteiger partial charge in [0.15, 0.2) is 0 Å². The predicted octanol–water partition coefficient (Wildman–Crippen LogP) is 2.57. The summed E-state index contributed by atoms with van der Waals surface area (Å²) in [4.78, 5) is 19.4. The van der Waals surface area contributed by atoms with Crippen LogP contribution in [-0.2, 0) is 4.74 Å². The van der Waals surface area contributed by atoms with Crippen molar-refractivity contribution in [1.82, 2.24) is 15.2 Å². The highest BCUT2D eigenvalue weighted by atomic mass is 32.2. The fraction of sp³-hybridized carbons (Fsp3) is 0.667. The van der Waals surface area contributed by atoms with Crippen LogP contribution in [0.4, 0.5) is 0 Å². The smallest absolute Gasteiger partial charge is 0.251 e. The lowest BCUT2D eigenvalue weighted by Crippen LogP contribution is -2.59. The first kappa shape index (κ1) is 17.7. The van der Waals surface area contributed by atoms with Crippen molar-refractivity contribution >= 4 is 17.7 Å². The van der Waals surface area contributed by atoms with Gasteiger partial charge in [0.25, 0.3) is 5.91 Å². The van der Waals surface area contributed by atoms with Crippen LogP contribution in [0.1, 0.15) is 42.5 Å². The fourth-order valence-electron chi connectivity index (χ4n) is 3.73. The summed E-state index contributed by atoms with van der Waals surface area (Å²) in [5, 5.41) is 4.06. The number of hydrogen-bond acceptors (Lipinski definition) is 5. The largest absolute Gasteiger partial charge is 0.381 e. The maximum Gasteiger partial charge on any atom is 0.251 e. The van der Waals surface area contributed by atoms with E-state index in [4.69, 9.17) is 4.74 Å². The van der Waals surface area contributed by atoms with Crippen LogP contribution in [0.25, 0.3) is 0 Å². The van der Waals surface area contributed by atoms with Gasteiger partial charge >= 0.3 is 0 Å². The average Bonchev–Trinajstić information content (AvgIpc) is 2.67. The highest BCUT2D eigenvalue weighted by Gasteiger charge is 2.39. The number of nitrogens with one attached hydrogen (secondary N) is 1. The molecule has 0 unspecified atom stereocenters. The lowest BCUT2D eigenvalue weighted by Gasteiger charge is -2.48. The number of rotatable bonds is 5. The van der Waals surface area contributed by atoms with Crippen LogP contribution in [0.2, 0.25) is 0 Å². The van der Waals surface area contributed by atoms with Crippen molar-refractivity contribution in [1.29, 1.82) is 0 Å². The summed E-state index contributed by atoms with van der Waals surface area (Å²) in [5.41, 5.74) is 0.749. The van der Waals surface area contributed by atoms with E-state index in [1.54, 1.807) is 24.0 Å². The highest BCUT2D eigenvalue weighted by molar-refractivity contribution is 7.98. The Balaban J connectivity index is 1.67. The minimum Gasteiger partial charge on any atom is -0.381 e. The molecule has 5 nitrogen and oxygen atoms in total. The lowest BCUT2D eigenvalue weighted by atomic mass is 9.86. The molecule has 0 aliphatic carbocycles. The molecule has 0 saturated carbocycles. The van der Waals surface area contributed by atoms with Crippen molar-refractivity contribution in [2.24, 2.45) is 0 Å². The second-order valence-corrected chi connectivity index (χ2v) is 7.48. The van der Waals surface area contributed by atoms with E-state index in [-0.39, 0.29) is 11.4 Å². The molecule has 6 heteroatoms. The van der Waals surface area contributed by atoms with Crippen molar-refractivity contribution in [3.05, 3.63) is 23.9 Å². The molecule has 1 amide bonds. The number of carbonyl (C=O) groups is 1. The zero-order valence-corrected chi connectivity index (χ0v) is 15.2. The Morgan fingerprint density at radius 2 is 2.08 bits per heavy atom. The quantitative estimate of drug-likeness (QED) is 0.828. The number of likely N-dealkylation sites (tertiary alicyclic amines) is 1. The molecule has 1 aromatic rings. The standard InChI is InChI=1S/C18H27N3O2S/c1-24-16-13-15(5-8-19-16)17(22)20-14-18(6-11-23-12-7-18)21-9-3-2-4-10-21/h5,8,13H,2-4,6-7,9-12,14H2,1H3,(H,20,22). The molecule has 0 aromatic carbocycles. The summed E-state index contributed by atoms with van der Waals surface area (Å²) in [5.74, 6) is -0.00410. The van der Waals surface area contributed by atoms with Gasteiger partial charge < -0.3 is 10.1 Å². The number of hydrogen-bond donors (Lipinski definition) is 1. The molecule has 132 valence electrons. The number of piperidine rings is 1. The van der Waals surface area contributed by atoms with Crippen molar-refractivity contribution in [2.45, 2.75) is 42.7 Å². The molecule has 3 heterocycles. The summed E-state index contributed by atoms with van der Waals surface area (Å²) in [6, 6.07) is 3.64. The van der Waals surface area contributed by atoms with Gasteiger partial charge in [-0.3, -0.25) is 9.69 Å². The van der Waals surface area contributed by atoms with Crippen LogP contribution in [0.5, 0.6) is 0 Å². The van der Waals surface area contributed by atoms with E-state index in [1.165, 1.54) is 19.3 Å². The molecule has 0 radical (unpaired) electrons. The topological polar surface area (TPSA) is 54.5 Å². The Bertz CT molecular complexity index is 555. The van der Waals surface area contributed by atoms with Crippen LogP contribution in [0, 0.1) is 0 Å². The monoisotopic (exact) mass is 349 g/mol. The van der Waals surface area contributed by atoms with Gasteiger partial charge in [0.1, 0.15) is 0 Å². The van der Waals surface area contributed by atoms with Gasteiger partial charge in [0.2, 0.25) is 0 Å². The van der Waals surface area contributed by atoms with E-state index < -0.39 is 0 Å². The summed E-state index contributed by atoms with van der Waals surface area (Å²) >= 11 is 1.55. The summed E-state index contributed by atoms with van der Waals surface area (Å²) < 4.78 is 5.59. The normalized spacial score (nSPS) is 21.4. The molecule has 2 aliphatic heterocycles. The van der Waals surface area contributed by atoms with Gasteiger partial charge in [0, 0.05) is 37.1 Å². The van der Waals surface area contributed by atoms with Crippen molar-refractivity contribution < 1.29 is 9.53 Å². The first-order chi connectivity index (χ1) is 11.7. The van der Waals surface area contributed by atoms with E-state index in [9.17, 15) is 4.79 Å². The predicted molar refractivity (Wildman–Crippen MR) is 96.6 cm³/mol. The third kappa shape index (κ3) is 4.10. The Morgan fingerprint density at radius 1 is 1.33 bits per heavy atom. The number of carbonyl (C=O) groups excluding carboxylic acids is 1. The summed E-state index contributed by atoms with van der Waals surface area (Å²) in [6.07, 6.45) is 9.52. The maximum absolute atomic E-state index is 12.6.